The van der Waals surface area contributed by atoms with E-state index < -0.39 is 0 Å². The number of piperazine rings is 1. The van der Waals surface area contributed by atoms with Crippen LogP contribution in [0.5, 0.6) is 0 Å². The van der Waals surface area contributed by atoms with Crippen molar-refractivity contribution in [3.05, 3.63) is 0 Å². The van der Waals surface area contributed by atoms with Gasteiger partial charge in [0.1, 0.15) is 6.10 Å². The summed E-state index contributed by atoms with van der Waals surface area (Å²) in [6.45, 7) is 3.80. The summed E-state index contributed by atoms with van der Waals surface area (Å²) in [6, 6.07) is 0. The number of nitrogens with zero attached hydrogens (tertiary/aromatic N) is 3. The quantitative estimate of drug-likeness (QED) is 0.552. The van der Waals surface area contributed by atoms with E-state index in [0.717, 1.165) is 51.6 Å². The van der Waals surface area contributed by atoms with Crippen molar-refractivity contribution < 1.29 is 14.3 Å². The molecule has 3 N–H and O–H groups in total. The summed E-state index contributed by atoms with van der Waals surface area (Å²) in [6.07, 6.45) is 10.2. The predicted octanol–water partition coefficient (Wildman–Crippen LogP) is 2.38. The van der Waals surface area contributed by atoms with E-state index in [4.69, 9.17) is 15.9 Å². The third-order valence-corrected chi connectivity index (χ3v) is 6.63. The fourth-order valence-corrected chi connectivity index (χ4v) is 4.65. The highest BCUT2D eigenvalue weighted by Gasteiger charge is 2.29. The minimum absolute atomic E-state index is 0.0586. The Morgan fingerprint density at radius 3 is 1.93 bits per heavy atom. The first-order valence-electron chi connectivity index (χ1n) is 11.3. The summed E-state index contributed by atoms with van der Waals surface area (Å²) in [5, 5.41) is 7.50. The first-order chi connectivity index (χ1) is 14.0. The Balaban J connectivity index is 1.36. The van der Waals surface area contributed by atoms with E-state index in [-0.39, 0.29) is 24.1 Å². The second-order valence-electron chi connectivity index (χ2n) is 8.74. The smallest absolute Gasteiger partial charge is 0.410 e. The van der Waals surface area contributed by atoms with Crippen LogP contribution < -0.4 is 5.73 Å². The van der Waals surface area contributed by atoms with Crippen molar-refractivity contribution in [2.24, 2.45) is 11.7 Å². The Labute approximate surface area is 174 Å². The van der Waals surface area contributed by atoms with Gasteiger partial charge in [-0.1, -0.05) is 19.3 Å². The molecule has 2 heterocycles. The van der Waals surface area contributed by atoms with Gasteiger partial charge in [-0.3, -0.25) is 10.2 Å². The fraction of sp³-hybridized carbons (Fsp3) is 0.857. The summed E-state index contributed by atoms with van der Waals surface area (Å²) < 4.78 is 5.76. The molecule has 2 amide bonds. The average molecular weight is 408 g/mol. The van der Waals surface area contributed by atoms with Gasteiger partial charge in [-0.05, 0) is 44.4 Å². The number of ether oxygens (including phenoxy) is 1. The van der Waals surface area contributed by atoms with Crippen LogP contribution in [0.4, 0.5) is 4.79 Å². The molecule has 8 heteroatoms. The zero-order valence-electron chi connectivity index (χ0n) is 17.6. The lowest BCUT2D eigenvalue weighted by Gasteiger charge is -2.37. The van der Waals surface area contributed by atoms with Gasteiger partial charge in [0, 0.05) is 45.7 Å². The van der Waals surface area contributed by atoms with E-state index >= 15 is 0 Å². The number of likely N-dealkylation sites (tertiary alicyclic amines) is 1. The number of carbonyl (C=O) groups excluding carboxylic acids is 2. The standard InChI is InChI=1S/C21H37N5O3/c22-20(23)25-10-8-17(9-11-25)16-19(27)24-12-14-26(15-13-24)21(28)29-18-6-4-2-1-3-5-7-18/h17-18H,1-16H2,(H3,22,23). The number of nitrogens with two attached hydrogens (primary N) is 1. The summed E-state index contributed by atoms with van der Waals surface area (Å²) >= 11 is 0. The third-order valence-electron chi connectivity index (χ3n) is 6.63. The lowest BCUT2D eigenvalue weighted by molar-refractivity contribution is -0.134. The summed E-state index contributed by atoms with van der Waals surface area (Å²) in [5.74, 6) is 0.664. The van der Waals surface area contributed by atoms with Gasteiger partial charge in [0.25, 0.3) is 0 Å². The number of hydrogen-bond donors (Lipinski definition) is 2. The van der Waals surface area contributed by atoms with Gasteiger partial charge < -0.3 is 25.2 Å². The molecule has 0 radical (unpaired) electrons. The van der Waals surface area contributed by atoms with Gasteiger partial charge in [-0.15, -0.1) is 0 Å². The van der Waals surface area contributed by atoms with E-state index in [1.165, 1.54) is 19.3 Å². The molecule has 0 aromatic carbocycles. The molecule has 0 spiro atoms. The second kappa shape index (κ2) is 10.7. The van der Waals surface area contributed by atoms with Crippen LogP contribution in [0.1, 0.15) is 64.2 Å². The van der Waals surface area contributed by atoms with Crippen molar-refractivity contribution in [2.75, 3.05) is 39.3 Å². The van der Waals surface area contributed by atoms with Crippen molar-refractivity contribution >= 4 is 18.0 Å². The lowest BCUT2D eigenvalue weighted by Crippen LogP contribution is -2.51. The molecule has 3 aliphatic rings. The SMILES string of the molecule is N=C(N)N1CCC(CC(=O)N2CCN(C(=O)OC3CCCCCCC3)CC2)CC1. The van der Waals surface area contributed by atoms with Crippen LogP contribution in [0.15, 0.2) is 0 Å². The highest BCUT2D eigenvalue weighted by molar-refractivity contribution is 5.77. The van der Waals surface area contributed by atoms with Crippen molar-refractivity contribution in [3.8, 4) is 0 Å². The molecule has 29 heavy (non-hydrogen) atoms. The first kappa shape index (κ1) is 21.7. The average Bonchev–Trinajstić information content (AvgIpc) is 2.70. The molecule has 1 aliphatic carbocycles. The van der Waals surface area contributed by atoms with Crippen LogP contribution in [-0.4, -0.2) is 78.0 Å². The monoisotopic (exact) mass is 407 g/mol. The molecule has 2 saturated heterocycles. The molecule has 8 nitrogen and oxygen atoms in total. The van der Waals surface area contributed by atoms with E-state index in [2.05, 4.69) is 0 Å². The molecular weight excluding hydrogens is 370 g/mol. The predicted molar refractivity (Wildman–Crippen MR) is 112 cm³/mol. The number of piperidine rings is 1. The molecule has 164 valence electrons. The molecule has 0 aromatic rings. The van der Waals surface area contributed by atoms with Crippen LogP contribution in [0.2, 0.25) is 0 Å². The van der Waals surface area contributed by atoms with Crippen LogP contribution in [0.3, 0.4) is 0 Å². The topological polar surface area (TPSA) is 103 Å². The number of amides is 2. The fourth-order valence-electron chi connectivity index (χ4n) is 4.65. The molecule has 3 fully saturated rings. The second-order valence-corrected chi connectivity index (χ2v) is 8.74. The van der Waals surface area contributed by atoms with Gasteiger partial charge >= 0.3 is 6.09 Å². The highest BCUT2D eigenvalue weighted by atomic mass is 16.6. The summed E-state index contributed by atoms with van der Waals surface area (Å²) in [5.41, 5.74) is 5.53. The van der Waals surface area contributed by atoms with Gasteiger partial charge in [-0.25, -0.2) is 4.79 Å². The molecule has 0 bridgehead atoms. The zero-order valence-corrected chi connectivity index (χ0v) is 17.6. The lowest BCUT2D eigenvalue weighted by atomic mass is 9.93. The minimum Gasteiger partial charge on any atom is -0.446 e. The first-order valence-corrected chi connectivity index (χ1v) is 11.3. The van der Waals surface area contributed by atoms with E-state index in [0.29, 0.717) is 38.5 Å². The van der Waals surface area contributed by atoms with Gasteiger partial charge in [0.05, 0.1) is 0 Å². The van der Waals surface area contributed by atoms with E-state index in [9.17, 15) is 9.59 Å². The normalized spacial score (nSPS) is 22.7. The van der Waals surface area contributed by atoms with Crippen molar-refractivity contribution in [1.82, 2.24) is 14.7 Å². The maximum Gasteiger partial charge on any atom is 0.410 e. The Bertz CT molecular complexity index is 561. The van der Waals surface area contributed by atoms with E-state index in [1.807, 2.05) is 9.80 Å². The van der Waals surface area contributed by atoms with Crippen molar-refractivity contribution in [1.29, 1.82) is 5.41 Å². The van der Waals surface area contributed by atoms with Crippen molar-refractivity contribution in [2.45, 2.75) is 70.3 Å². The van der Waals surface area contributed by atoms with Crippen molar-refractivity contribution in [3.63, 3.8) is 0 Å². The summed E-state index contributed by atoms with van der Waals surface area (Å²) in [7, 11) is 0. The number of carbonyl (C=O) groups is 2. The Kier molecular flexibility index (Phi) is 8.00. The van der Waals surface area contributed by atoms with Crippen LogP contribution in [0.25, 0.3) is 0 Å². The molecule has 3 rings (SSSR count). The van der Waals surface area contributed by atoms with Crippen LogP contribution in [0, 0.1) is 11.3 Å². The number of hydrogen-bond acceptors (Lipinski definition) is 4. The molecule has 0 unspecified atom stereocenters. The third kappa shape index (κ3) is 6.51. The van der Waals surface area contributed by atoms with Gasteiger partial charge in [-0.2, -0.15) is 0 Å². The largest absolute Gasteiger partial charge is 0.446 e. The zero-order chi connectivity index (χ0) is 20.6. The van der Waals surface area contributed by atoms with Gasteiger partial charge in [0.15, 0.2) is 5.96 Å². The molecular formula is C21H37N5O3. The van der Waals surface area contributed by atoms with Crippen LogP contribution >= 0.6 is 0 Å². The molecule has 0 atom stereocenters. The highest BCUT2D eigenvalue weighted by Crippen LogP contribution is 2.23. The summed E-state index contributed by atoms with van der Waals surface area (Å²) in [4.78, 5) is 30.7. The molecule has 1 saturated carbocycles. The Morgan fingerprint density at radius 2 is 1.34 bits per heavy atom. The van der Waals surface area contributed by atoms with E-state index in [1.54, 1.807) is 4.90 Å². The maximum atomic E-state index is 12.7. The maximum absolute atomic E-state index is 12.7. The molecule has 2 aliphatic heterocycles. The Hall–Kier alpha value is -1.99. The van der Waals surface area contributed by atoms with Gasteiger partial charge in [0.2, 0.25) is 5.91 Å². The molecule has 0 aromatic heterocycles. The number of rotatable bonds is 3. The number of nitrogens with one attached hydrogen (secondary N) is 1. The minimum atomic E-state index is -0.209. The number of guanidine groups is 1. The Morgan fingerprint density at radius 1 is 0.793 bits per heavy atom. The van der Waals surface area contributed by atoms with Crippen LogP contribution in [-0.2, 0) is 9.53 Å².